The van der Waals surface area contributed by atoms with Crippen molar-refractivity contribution in [3.63, 3.8) is 0 Å². The number of carbonyl (C=O) groups is 1. The molecule has 0 fully saturated rings. The van der Waals surface area contributed by atoms with E-state index in [1.807, 2.05) is 0 Å². The molecule has 1 N–H and O–H groups in total. The number of hydrogen-bond acceptors (Lipinski definition) is 2. The van der Waals surface area contributed by atoms with Gasteiger partial charge >= 0.3 is 12.3 Å². The van der Waals surface area contributed by atoms with Gasteiger partial charge in [-0.2, -0.15) is 0 Å². The molecule has 0 radical (unpaired) electrons. The van der Waals surface area contributed by atoms with Crippen LogP contribution >= 0.6 is 0 Å². The van der Waals surface area contributed by atoms with Crippen LogP contribution in [0.5, 0.6) is 5.75 Å². The largest absolute Gasteiger partial charge is 0.573 e. The fourth-order valence-corrected chi connectivity index (χ4v) is 1.04. The number of halogens is 4. The zero-order valence-electron chi connectivity index (χ0n) is 8.16. The van der Waals surface area contributed by atoms with Crippen molar-refractivity contribution >= 4 is 12.0 Å². The van der Waals surface area contributed by atoms with Crippen LogP contribution in [0.25, 0.3) is 6.08 Å². The van der Waals surface area contributed by atoms with Gasteiger partial charge in [-0.25, -0.2) is 9.18 Å². The van der Waals surface area contributed by atoms with Crippen LogP contribution in [0.3, 0.4) is 0 Å². The zero-order chi connectivity index (χ0) is 13.1. The van der Waals surface area contributed by atoms with Crippen molar-refractivity contribution in [2.24, 2.45) is 0 Å². The molecule has 17 heavy (non-hydrogen) atoms. The van der Waals surface area contributed by atoms with Crippen LogP contribution in [0.4, 0.5) is 17.6 Å². The van der Waals surface area contributed by atoms with Crippen LogP contribution in [0, 0.1) is 5.82 Å². The molecule has 7 heteroatoms. The van der Waals surface area contributed by atoms with E-state index in [1.54, 1.807) is 0 Å². The fourth-order valence-electron chi connectivity index (χ4n) is 1.04. The summed E-state index contributed by atoms with van der Waals surface area (Å²) in [7, 11) is 0. The van der Waals surface area contributed by atoms with Gasteiger partial charge in [-0.05, 0) is 23.8 Å². The summed E-state index contributed by atoms with van der Waals surface area (Å²) < 4.78 is 52.0. The van der Waals surface area contributed by atoms with E-state index in [1.165, 1.54) is 0 Å². The highest BCUT2D eigenvalue weighted by Crippen LogP contribution is 2.25. The summed E-state index contributed by atoms with van der Waals surface area (Å²) in [5.41, 5.74) is -0.0494. The average molecular weight is 250 g/mol. The van der Waals surface area contributed by atoms with Crippen molar-refractivity contribution in [3.05, 3.63) is 35.7 Å². The Kier molecular flexibility index (Phi) is 3.72. The van der Waals surface area contributed by atoms with Crippen LogP contribution in [-0.2, 0) is 4.79 Å². The van der Waals surface area contributed by atoms with Gasteiger partial charge in [0.15, 0.2) is 0 Å². The Hall–Kier alpha value is -2.05. The number of hydrogen-bond donors (Lipinski definition) is 1. The highest BCUT2D eigenvalue weighted by molar-refractivity contribution is 5.85. The van der Waals surface area contributed by atoms with Crippen LogP contribution in [0.2, 0.25) is 0 Å². The lowest BCUT2D eigenvalue weighted by molar-refractivity contribution is -0.274. The highest BCUT2D eigenvalue weighted by Gasteiger charge is 2.31. The molecule has 0 unspecified atom stereocenters. The first kappa shape index (κ1) is 13.0. The smallest absolute Gasteiger partial charge is 0.478 e. The minimum atomic E-state index is -4.93. The third-order valence-corrected chi connectivity index (χ3v) is 1.55. The third-order valence-electron chi connectivity index (χ3n) is 1.55. The van der Waals surface area contributed by atoms with E-state index >= 15 is 0 Å². The molecule has 0 heterocycles. The van der Waals surface area contributed by atoms with E-state index < -0.39 is 23.9 Å². The van der Waals surface area contributed by atoms with Crippen molar-refractivity contribution in [2.75, 3.05) is 0 Å². The summed E-state index contributed by atoms with van der Waals surface area (Å²) in [6.07, 6.45) is -3.30. The van der Waals surface area contributed by atoms with Crippen molar-refractivity contribution in [1.29, 1.82) is 0 Å². The first-order valence-corrected chi connectivity index (χ1v) is 4.23. The minimum absolute atomic E-state index is 0.0494. The Morgan fingerprint density at radius 2 is 1.94 bits per heavy atom. The molecule has 0 amide bonds. The Balaban J connectivity index is 2.98. The lowest BCUT2D eigenvalue weighted by Crippen LogP contribution is -2.17. The number of alkyl halides is 3. The second kappa shape index (κ2) is 4.86. The number of carboxylic acids is 1. The molecule has 0 saturated heterocycles. The average Bonchev–Trinajstić information content (AvgIpc) is 2.10. The first-order valence-electron chi connectivity index (χ1n) is 4.23. The summed E-state index contributed by atoms with van der Waals surface area (Å²) in [4.78, 5) is 10.2. The molecule has 3 nitrogen and oxygen atoms in total. The molecular weight excluding hydrogens is 244 g/mol. The Bertz CT molecular complexity index is 451. The van der Waals surface area contributed by atoms with Gasteiger partial charge in [-0.15, -0.1) is 13.2 Å². The molecule has 0 aliphatic carbocycles. The molecule has 0 spiro atoms. The van der Waals surface area contributed by atoms with E-state index in [-0.39, 0.29) is 5.56 Å². The Morgan fingerprint density at radius 1 is 1.29 bits per heavy atom. The molecule has 1 aromatic carbocycles. The van der Waals surface area contributed by atoms with Crippen LogP contribution < -0.4 is 4.74 Å². The Morgan fingerprint density at radius 3 is 2.47 bits per heavy atom. The number of benzene rings is 1. The van der Waals surface area contributed by atoms with Crippen LogP contribution in [0.1, 0.15) is 5.56 Å². The van der Waals surface area contributed by atoms with Crippen molar-refractivity contribution < 1.29 is 32.2 Å². The number of carboxylic acid groups (broad SMARTS) is 1. The van der Waals surface area contributed by atoms with Crippen LogP contribution in [0.15, 0.2) is 24.3 Å². The molecule has 1 rings (SSSR count). The predicted molar refractivity (Wildman–Crippen MR) is 49.8 cm³/mol. The number of rotatable bonds is 3. The lowest BCUT2D eigenvalue weighted by Gasteiger charge is -2.09. The van der Waals surface area contributed by atoms with E-state index in [0.29, 0.717) is 12.1 Å². The minimum Gasteiger partial charge on any atom is -0.478 e. The van der Waals surface area contributed by atoms with Crippen molar-refractivity contribution in [3.8, 4) is 5.75 Å². The lowest BCUT2D eigenvalue weighted by atomic mass is 10.2. The monoisotopic (exact) mass is 250 g/mol. The SMILES string of the molecule is O=C(O)C=Cc1cc(F)cc(OC(F)(F)F)c1. The van der Waals surface area contributed by atoms with E-state index in [9.17, 15) is 22.4 Å². The summed E-state index contributed by atoms with van der Waals surface area (Å²) in [6.45, 7) is 0. The van der Waals surface area contributed by atoms with E-state index in [2.05, 4.69) is 4.74 Å². The third kappa shape index (κ3) is 5.01. The molecule has 0 bridgehead atoms. The predicted octanol–water partition coefficient (Wildman–Crippen LogP) is 2.82. The summed E-state index contributed by atoms with van der Waals surface area (Å²) in [5, 5.41) is 8.31. The Labute approximate surface area is 92.9 Å². The van der Waals surface area contributed by atoms with Gasteiger partial charge in [0.25, 0.3) is 0 Å². The van der Waals surface area contributed by atoms with Gasteiger partial charge in [0.2, 0.25) is 0 Å². The topological polar surface area (TPSA) is 46.5 Å². The molecular formula is C10H6F4O3. The molecule has 0 aromatic heterocycles. The standard InChI is InChI=1S/C10H6F4O3/c11-7-3-6(1-2-9(15)16)4-8(5-7)17-10(12,13)14/h1-5H,(H,15,16). The zero-order valence-corrected chi connectivity index (χ0v) is 8.16. The van der Waals surface area contributed by atoms with Gasteiger partial charge in [-0.3, -0.25) is 0 Å². The van der Waals surface area contributed by atoms with Gasteiger partial charge < -0.3 is 9.84 Å². The fraction of sp³-hybridized carbons (Fsp3) is 0.100. The maximum atomic E-state index is 12.9. The molecule has 92 valence electrons. The second-order valence-corrected chi connectivity index (χ2v) is 2.94. The van der Waals surface area contributed by atoms with Gasteiger partial charge in [0, 0.05) is 12.1 Å². The molecule has 1 aromatic rings. The first-order chi connectivity index (χ1) is 7.76. The van der Waals surface area contributed by atoms with Gasteiger partial charge in [-0.1, -0.05) is 0 Å². The molecule has 0 aliphatic rings. The quantitative estimate of drug-likeness (QED) is 0.662. The summed E-state index contributed by atoms with van der Waals surface area (Å²) in [6, 6.07) is 2.30. The van der Waals surface area contributed by atoms with Crippen molar-refractivity contribution in [2.45, 2.75) is 6.36 Å². The van der Waals surface area contributed by atoms with Gasteiger partial charge in [0.05, 0.1) is 0 Å². The number of aliphatic carboxylic acids is 1. The molecule has 0 aliphatic heterocycles. The maximum absolute atomic E-state index is 12.9. The second-order valence-electron chi connectivity index (χ2n) is 2.94. The number of ether oxygens (including phenoxy) is 1. The molecule has 0 atom stereocenters. The van der Waals surface area contributed by atoms with E-state index in [4.69, 9.17) is 5.11 Å². The van der Waals surface area contributed by atoms with Gasteiger partial charge in [0.1, 0.15) is 11.6 Å². The normalized spacial score (nSPS) is 11.8. The highest BCUT2D eigenvalue weighted by atomic mass is 19.4. The van der Waals surface area contributed by atoms with Crippen molar-refractivity contribution in [1.82, 2.24) is 0 Å². The summed E-state index contributed by atoms with van der Waals surface area (Å²) >= 11 is 0. The van der Waals surface area contributed by atoms with Crippen LogP contribution in [-0.4, -0.2) is 17.4 Å². The maximum Gasteiger partial charge on any atom is 0.573 e. The van der Waals surface area contributed by atoms with E-state index in [0.717, 1.165) is 18.2 Å². The molecule has 0 saturated carbocycles. The summed E-state index contributed by atoms with van der Waals surface area (Å²) in [5.74, 6) is -3.01.